The Bertz CT molecular complexity index is 391. The summed E-state index contributed by atoms with van der Waals surface area (Å²) < 4.78 is 0. The van der Waals surface area contributed by atoms with Crippen LogP contribution in [0, 0.1) is 0 Å². The SMILES string of the molecule is CCC(C)c1csc(-c2cn[nH]c2)n1. The van der Waals surface area contributed by atoms with Crippen molar-refractivity contribution in [2.45, 2.75) is 26.2 Å². The fourth-order valence-corrected chi connectivity index (χ4v) is 2.15. The molecule has 74 valence electrons. The van der Waals surface area contributed by atoms with Crippen LogP contribution in [0.15, 0.2) is 17.8 Å². The summed E-state index contributed by atoms with van der Waals surface area (Å²) >= 11 is 1.68. The van der Waals surface area contributed by atoms with Gasteiger partial charge < -0.3 is 0 Å². The maximum Gasteiger partial charge on any atom is 0.126 e. The Balaban J connectivity index is 2.26. The second kappa shape index (κ2) is 3.92. The van der Waals surface area contributed by atoms with E-state index in [1.165, 1.54) is 5.69 Å². The molecule has 4 heteroatoms. The van der Waals surface area contributed by atoms with E-state index in [9.17, 15) is 0 Å². The summed E-state index contributed by atoms with van der Waals surface area (Å²) in [5.74, 6) is 0.548. The number of H-pyrrole nitrogens is 1. The van der Waals surface area contributed by atoms with Gasteiger partial charge in [-0.1, -0.05) is 13.8 Å². The molecular formula is C10H13N3S. The molecule has 2 rings (SSSR count). The molecule has 0 fully saturated rings. The number of hydrogen-bond donors (Lipinski definition) is 1. The van der Waals surface area contributed by atoms with Gasteiger partial charge in [0.25, 0.3) is 0 Å². The Morgan fingerprint density at radius 1 is 1.57 bits per heavy atom. The summed E-state index contributed by atoms with van der Waals surface area (Å²) in [7, 11) is 0. The third-order valence-corrected chi connectivity index (χ3v) is 3.29. The molecule has 0 aromatic carbocycles. The van der Waals surface area contributed by atoms with E-state index in [1.807, 2.05) is 6.20 Å². The molecule has 0 aliphatic heterocycles. The van der Waals surface area contributed by atoms with Crippen molar-refractivity contribution in [2.24, 2.45) is 0 Å². The maximum absolute atomic E-state index is 4.58. The van der Waals surface area contributed by atoms with Crippen LogP contribution in [0.5, 0.6) is 0 Å². The summed E-state index contributed by atoms with van der Waals surface area (Å²) in [5, 5.41) is 9.90. The molecule has 0 bridgehead atoms. The third-order valence-electron chi connectivity index (χ3n) is 2.38. The first-order chi connectivity index (χ1) is 6.81. The molecule has 0 radical (unpaired) electrons. The van der Waals surface area contributed by atoms with Crippen molar-refractivity contribution in [2.75, 3.05) is 0 Å². The largest absolute Gasteiger partial charge is 0.285 e. The van der Waals surface area contributed by atoms with Crippen molar-refractivity contribution >= 4 is 11.3 Å². The van der Waals surface area contributed by atoms with Crippen LogP contribution in [0.25, 0.3) is 10.6 Å². The number of nitrogens with zero attached hydrogens (tertiary/aromatic N) is 2. The first-order valence-corrected chi connectivity index (χ1v) is 5.63. The Kier molecular flexibility index (Phi) is 2.63. The lowest BCUT2D eigenvalue weighted by Crippen LogP contribution is -1.90. The van der Waals surface area contributed by atoms with Gasteiger partial charge in [0.05, 0.1) is 11.9 Å². The average molecular weight is 207 g/mol. The number of hydrogen-bond acceptors (Lipinski definition) is 3. The minimum absolute atomic E-state index is 0.548. The van der Waals surface area contributed by atoms with Crippen LogP contribution < -0.4 is 0 Å². The summed E-state index contributed by atoms with van der Waals surface area (Å²) in [5.41, 5.74) is 2.26. The maximum atomic E-state index is 4.58. The van der Waals surface area contributed by atoms with E-state index in [0.29, 0.717) is 5.92 Å². The highest BCUT2D eigenvalue weighted by molar-refractivity contribution is 7.13. The van der Waals surface area contributed by atoms with Crippen LogP contribution in [0.1, 0.15) is 31.9 Å². The molecule has 0 saturated carbocycles. The number of aromatic nitrogens is 3. The molecule has 2 aromatic heterocycles. The predicted molar refractivity (Wildman–Crippen MR) is 58.4 cm³/mol. The average Bonchev–Trinajstić information content (AvgIpc) is 2.86. The highest BCUT2D eigenvalue weighted by Crippen LogP contribution is 2.27. The van der Waals surface area contributed by atoms with Gasteiger partial charge in [-0.05, 0) is 12.3 Å². The zero-order valence-corrected chi connectivity index (χ0v) is 9.14. The molecule has 2 aromatic rings. The van der Waals surface area contributed by atoms with E-state index < -0.39 is 0 Å². The zero-order valence-electron chi connectivity index (χ0n) is 8.32. The molecule has 3 nitrogen and oxygen atoms in total. The van der Waals surface area contributed by atoms with Gasteiger partial charge in [0.2, 0.25) is 0 Å². The lowest BCUT2D eigenvalue weighted by Gasteiger charge is -2.01. The van der Waals surface area contributed by atoms with Gasteiger partial charge in [0.1, 0.15) is 5.01 Å². The normalized spacial score (nSPS) is 13.0. The smallest absolute Gasteiger partial charge is 0.126 e. The van der Waals surface area contributed by atoms with Gasteiger partial charge in [0.15, 0.2) is 0 Å². The Labute approximate surface area is 87.2 Å². The second-order valence-electron chi connectivity index (χ2n) is 3.37. The molecule has 0 spiro atoms. The summed E-state index contributed by atoms with van der Waals surface area (Å²) in [6.45, 7) is 4.38. The van der Waals surface area contributed by atoms with Gasteiger partial charge in [-0.2, -0.15) is 5.10 Å². The Morgan fingerprint density at radius 2 is 2.43 bits per heavy atom. The molecule has 0 aliphatic rings. The minimum atomic E-state index is 0.548. The molecule has 1 unspecified atom stereocenters. The van der Waals surface area contributed by atoms with Crippen molar-refractivity contribution in [1.29, 1.82) is 0 Å². The van der Waals surface area contributed by atoms with Crippen LogP contribution in [0.2, 0.25) is 0 Å². The fraction of sp³-hybridized carbons (Fsp3) is 0.400. The summed E-state index contributed by atoms with van der Waals surface area (Å²) in [6, 6.07) is 0. The van der Waals surface area contributed by atoms with Crippen molar-refractivity contribution in [3.8, 4) is 10.6 Å². The molecule has 14 heavy (non-hydrogen) atoms. The van der Waals surface area contributed by atoms with Gasteiger partial charge in [0, 0.05) is 17.1 Å². The quantitative estimate of drug-likeness (QED) is 0.840. The molecule has 0 aliphatic carbocycles. The highest BCUT2D eigenvalue weighted by Gasteiger charge is 2.09. The monoisotopic (exact) mass is 207 g/mol. The lowest BCUT2D eigenvalue weighted by molar-refractivity contribution is 0.714. The molecule has 2 heterocycles. The van der Waals surface area contributed by atoms with E-state index in [2.05, 4.69) is 34.4 Å². The van der Waals surface area contributed by atoms with E-state index in [-0.39, 0.29) is 0 Å². The number of aromatic amines is 1. The second-order valence-corrected chi connectivity index (χ2v) is 4.23. The van der Waals surface area contributed by atoms with Gasteiger partial charge in [-0.15, -0.1) is 11.3 Å². The van der Waals surface area contributed by atoms with Gasteiger partial charge >= 0.3 is 0 Å². The Hall–Kier alpha value is -1.16. The van der Waals surface area contributed by atoms with E-state index in [4.69, 9.17) is 0 Å². The lowest BCUT2D eigenvalue weighted by atomic mass is 10.1. The molecule has 1 N–H and O–H groups in total. The minimum Gasteiger partial charge on any atom is -0.285 e. The van der Waals surface area contributed by atoms with Crippen LogP contribution in [-0.2, 0) is 0 Å². The molecule has 0 saturated heterocycles. The topological polar surface area (TPSA) is 41.6 Å². The van der Waals surface area contributed by atoms with Crippen molar-refractivity contribution < 1.29 is 0 Å². The van der Waals surface area contributed by atoms with Crippen LogP contribution >= 0.6 is 11.3 Å². The van der Waals surface area contributed by atoms with Crippen LogP contribution in [-0.4, -0.2) is 15.2 Å². The Morgan fingerprint density at radius 3 is 3.07 bits per heavy atom. The molecular weight excluding hydrogens is 194 g/mol. The van der Waals surface area contributed by atoms with Crippen LogP contribution in [0.3, 0.4) is 0 Å². The molecule has 1 atom stereocenters. The first kappa shape index (κ1) is 9.40. The number of nitrogens with one attached hydrogen (secondary N) is 1. The molecule has 0 amide bonds. The van der Waals surface area contributed by atoms with Crippen molar-refractivity contribution in [3.05, 3.63) is 23.5 Å². The summed E-state index contributed by atoms with van der Waals surface area (Å²) in [4.78, 5) is 4.58. The third kappa shape index (κ3) is 1.70. The first-order valence-electron chi connectivity index (χ1n) is 4.75. The van der Waals surface area contributed by atoms with Crippen molar-refractivity contribution in [3.63, 3.8) is 0 Å². The van der Waals surface area contributed by atoms with E-state index in [0.717, 1.165) is 17.0 Å². The van der Waals surface area contributed by atoms with E-state index in [1.54, 1.807) is 17.5 Å². The van der Waals surface area contributed by atoms with Crippen LogP contribution in [0.4, 0.5) is 0 Å². The zero-order chi connectivity index (χ0) is 9.97. The predicted octanol–water partition coefficient (Wildman–Crippen LogP) is 3.05. The van der Waals surface area contributed by atoms with E-state index >= 15 is 0 Å². The highest BCUT2D eigenvalue weighted by atomic mass is 32.1. The number of thiazole rings is 1. The van der Waals surface area contributed by atoms with Gasteiger partial charge in [-0.3, -0.25) is 5.10 Å². The van der Waals surface area contributed by atoms with Crippen molar-refractivity contribution in [1.82, 2.24) is 15.2 Å². The standard InChI is InChI=1S/C10H13N3S/c1-3-7(2)9-6-14-10(13-9)8-4-11-12-5-8/h4-7H,3H2,1-2H3,(H,11,12). The fourth-order valence-electron chi connectivity index (χ4n) is 1.22. The summed E-state index contributed by atoms with van der Waals surface area (Å²) in [6.07, 6.45) is 4.81. The van der Waals surface area contributed by atoms with Gasteiger partial charge in [-0.25, -0.2) is 4.98 Å². The number of rotatable bonds is 3.